The number of carbonyl (C=O) groups is 1. The molecule has 0 radical (unpaired) electrons. The van der Waals surface area contributed by atoms with E-state index in [1.54, 1.807) is 37.3 Å². The van der Waals surface area contributed by atoms with E-state index in [4.69, 9.17) is 9.15 Å². The molecular weight excluding hydrogens is 394 g/mol. The van der Waals surface area contributed by atoms with Crippen LogP contribution in [0.5, 0.6) is 11.5 Å². The summed E-state index contributed by atoms with van der Waals surface area (Å²) in [6.07, 6.45) is -0.114. The number of anilines is 1. The van der Waals surface area contributed by atoms with Crippen molar-refractivity contribution in [3.05, 3.63) is 99.9 Å². The normalized spacial score (nSPS) is 10.7. The maximum Gasteiger partial charge on any atom is 0.340 e. The average molecular weight is 415 g/mol. The van der Waals surface area contributed by atoms with Gasteiger partial charge in [0, 0.05) is 17.1 Å². The van der Waals surface area contributed by atoms with Crippen molar-refractivity contribution in [1.29, 1.82) is 0 Å². The maximum atomic E-state index is 12.5. The molecule has 0 atom stereocenters. The molecule has 156 valence electrons. The summed E-state index contributed by atoms with van der Waals surface area (Å²) in [6.45, 7) is 2.22. The number of phenols is 1. The second-order valence-corrected chi connectivity index (χ2v) is 7.20. The van der Waals surface area contributed by atoms with Crippen LogP contribution in [0.15, 0.2) is 82.0 Å². The molecule has 3 aromatic carbocycles. The molecule has 6 heteroatoms. The molecule has 31 heavy (non-hydrogen) atoms. The second kappa shape index (κ2) is 8.75. The number of rotatable bonds is 6. The van der Waals surface area contributed by atoms with Gasteiger partial charge in [0.15, 0.2) is 0 Å². The highest BCUT2D eigenvalue weighted by atomic mass is 16.5. The van der Waals surface area contributed by atoms with Gasteiger partial charge >= 0.3 is 5.63 Å². The fourth-order valence-electron chi connectivity index (χ4n) is 3.33. The number of hydrogen-bond donors (Lipinski definition) is 2. The summed E-state index contributed by atoms with van der Waals surface area (Å²) in [5, 5.41) is 13.0. The first-order valence-electron chi connectivity index (χ1n) is 9.81. The van der Waals surface area contributed by atoms with Crippen LogP contribution >= 0.6 is 0 Å². The summed E-state index contributed by atoms with van der Waals surface area (Å²) in [4.78, 5) is 24.9. The summed E-state index contributed by atoms with van der Waals surface area (Å²) in [5.41, 5.74) is 2.32. The van der Waals surface area contributed by atoms with Crippen molar-refractivity contribution < 1.29 is 19.1 Å². The molecule has 0 fully saturated rings. The van der Waals surface area contributed by atoms with Crippen LogP contribution in [-0.2, 0) is 17.8 Å². The van der Waals surface area contributed by atoms with Gasteiger partial charge in [0.2, 0.25) is 5.91 Å². The molecule has 6 nitrogen and oxygen atoms in total. The fourth-order valence-corrected chi connectivity index (χ4v) is 3.33. The minimum absolute atomic E-state index is 0.0109. The van der Waals surface area contributed by atoms with Crippen molar-refractivity contribution in [2.45, 2.75) is 20.0 Å². The number of ether oxygens (including phenoxy) is 1. The van der Waals surface area contributed by atoms with Crippen molar-refractivity contribution >= 4 is 22.6 Å². The number of hydrogen-bond acceptors (Lipinski definition) is 5. The first kappa shape index (κ1) is 20.2. The monoisotopic (exact) mass is 415 g/mol. The van der Waals surface area contributed by atoms with Crippen LogP contribution in [0.25, 0.3) is 11.0 Å². The van der Waals surface area contributed by atoms with Crippen LogP contribution < -0.4 is 15.7 Å². The number of aryl methyl sites for hydroxylation is 1. The first-order valence-corrected chi connectivity index (χ1v) is 9.81. The maximum absolute atomic E-state index is 12.5. The van der Waals surface area contributed by atoms with Crippen LogP contribution in [0.4, 0.5) is 5.69 Å². The highest BCUT2D eigenvalue weighted by Crippen LogP contribution is 2.24. The molecule has 0 bridgehead atoms. The lowest BCUT2D eigenvalue weighted by Gasteiger charge is -2.10. The van der Waals surface area contributed by atoms with Crippen LogP contribution in [0.1, 0.15) is 16.7 Å². The van der Waals surface area contributed by atoms with E-state index >= 15 is 0 Å². The number of benzene rings is 3. The van der Waals surface area contributed by atoms with Gasteiger partial charge < -0.3 is 19.6 Å². The Hall–Kier alpha value is -4.06. The summed E-state index contributed by atoms with van der Waals surface area (Å²) in [5.74, 6) is 0.374. The summed E-state index contributed by atoms with van der Waals surface area (Å²) < 4.78 is 11.0. The zero-order valence-electron chi connectivity index (χ0n) is 16.9. The molecular formula is C25H21NO5. The Morgan fingerprint density at radius 3 is 2.52 bits per heavy atom. The predicted octanol–water partition coefficient (Wildman–Crippen LogP) is 4.57. The molecule has 1 aromatic heterocycles. The Kier molecular flexibility index (Phi) is 5.71. The largest absolute Gasteiger partial charge is 0.508 e. The molecule has 0 aliphatic rings. The zero-order valence-corrected chi connectivity index (χ0v) is 16.9. The van der Waals surface area contributed by atoms with Gasteiger partial charge in [-0.25, -0.2) is 4.79 Å². The van der Waals surface area contributed by atoms with Gasteiger partial charge in [-0.2, -0.15) is 0 Å². The van der Waals surface area contributed by atoms with Crippen LogP contribution in [0.3, 0.4) is 0 Å². The molecule has 0 aliphatic carbocycles. The molecule has 4 aromatic rings. The lowest BCUT2D eigenvalue weighted by molar-refractivity contribution is -0.115. The van der Waals surface area contributed by atoms with E-state index in [0.29, 0.717) is 34.6 Å². The average Bonchev–Trinajstić information content (AvgIpc) is 2.76. The lowest BCUT2D eigenvalue weighted by atomic mass is 10.0. The first-order chi connectivity index (χ1) is 15.0. The Labute approximate surface area is 178 Å². The van der Waals surface area contributed by atoms with Crippen LogP contribution in [-0.4, -0.2) is 11.0 Å². The zero-order chi connectivity index (χ0) is 21.8. The topological polar surface area (TPSA) is 88.8 Å². The van der Waals surface area contributed by atoms with Gasteiger partial charge in [-0.1, -0.05) is 30.3 Å². The Bertz CT molecular complexity index is 1280. The van der Waals surface area contributed by atoms with Crippen molar-refractivity contribution in [2.75, 3.05) is 5.32 Å². The van der Waals surface area contributed by atoms with Crippen molar-refractivity contribution in [2.24, 2.45) is 0 Å². The standard InChI is InChI=1S/C25H21NO5/c1-16-21-12-9-19(27)13-23(21)31-25(29)22(16)14-24(28)26-18-7-10-20(11-8-18)30-15-17-5-3-2-4-6-17/h2-13,27H,14-15H2,1H3,(H,26,28). The lowest BCUT2D eigenvalue weighted by Crippen LogP contribution is -2.20. The highest BCUT2D eigenvalue weighted by Gasteiger charge is 2.15. The number of carbonyl (C=O) groups excluding carboxylic acids is 1. The smallest absolute Gasteiger partial charge is 0.340 e. The molecule has 0 spiro atoms. The quantitative estimate of drug-likeness (QED) is 0.451. The van der Waals surface area contributed by atoms with Gasteiger partial charge in [-0.3, -0.25) is 4.79 Å². The van der Waals surface area contributed by atoms with Crippen molar-refractivity contribution in [1.82, 2.24) is 0 Å². The van der Waals surface area contributed by atoms with Crippen LogP contribution in [0, 0.1) is 6.92 Å². The minimum atomic E-state index is -0.588. The van der Waals surface area contributed by atoms with E-state index in [9.17, 15) is 14.7 Å². The SMILES string of the molecule is Cc1c(CC(=O)Nc2ccc(OCc3ccccc3)cc2)c(=O)oc2cc(O)ccc12. The summed E-state index contributed by atoms with van der Waals surface area (Å²) >= 11 is 0. The third-order valence-electron chi connectivity index (χ3n) is 4.99. The van der Waals surface area contributed by atoms with Crippen LogP contribution in [0.2, 0.25) is 0 Å². The van der Waals surface area contributed by atoms with Crippen molar-refractivity contribution in [3.63, 3.8) is 0 Å². The molecule has 2 N–H and O–H groups in total. The number of aromatic hydroxyl groups is 1. The number of amides is 1. The summed E-state index contributed by atoms with van der Waals surface area (Å²) in [7, 11) is 0. The second-order valence-electron chi connectivity index (χ2n) is 7.20. The molecule has 0 saturated heterocycles. The van der Waals surface area contributed by atoms with Gasteiger partial charge in [0.1, 0.15) is 23.7 Å². The van der Waals surface area contributed by atoms with Gasteiger partial charge in [-0.15, -0.1) is 0 Å². The van der Waals surface area contributed by atoms with E-state index in [2.05, 4.69) is 5.32 Å². The molecule has 0 saturated carbocycles. The van der Waals surface area contributed by atoms with Gasteiger partial charge in [0.25, 0.3) is 0 Å². The van der Waals surface area contributed by atoms with E-state index in [1.165, 1.54) is 12.1 Å². The molecule has 1 amide bonds. The summed E-state index contributed by atoms with van der Waals surface area (Å²) in [6, 6.07) is 21.5. The highest BCUT2D eigenvalue weighted by molar-refractivity contribution is 5.93. The molecule has 1 heterocycles. The molecule has 4 rings (SSSR count). The predicted molar refractivity (Wildman–Crippen MR) is 118 cm³/mol. The van der Waals surface area contributed by atoms with Gasteiger partial charge in [-0.05, 0) is 54.4 Å². The minimum Gasteiger partial charge on any atom is -0.508 e. The van der Waals surface area contributed by atoms with E-state index in [0.717, 1.165) is 5.56 Å². The Morgan fingerprint density at radius 2 is 1.77 bits per heavy atom. The molecule has 0 aliphatic heterocycles. The number of fused-ring (bicyclic) bond motifs is 1. The van der Waals surface area contributed by atoms with E-state index < -0.39 is 5.63 Å². The Morgan fingerprint density at radius 1 is 1.03 bits per heavy atom. The Balaban J connectivity index is 1.42. The third-order valence-corrected chi connectivity index (χ3v) is 4.99. The third kappa shape index (κ3) is 4.75. The molecule has 0 unspecified atom stereocenters. The number of phenolic OH excluding ortho intramolecular Hbond substituents is 1. The van der Waals surface area contributed by atoms with E-state index in [-0.39, 0.29) is 23.7 Å². The van der Waals surface area contributed by atoms with Gasteiger partial charge in [0.05, 0.1) is 12.0 Å². The van der Waals surface area contributed by atoms with E-state index in [1.807, 2.05) is 30.3 Å². The number of nitrogens with one attached hydrogen (secondary N) is 1. The van der Waals surface area contributed by atoms with Crippen molar-refractivity contribution in [3.8, 4) is 11.5 Å². The fraction of sp³-hybridized carbons (Fsp3) is 0.120.